The monoisotopic (exact) mass is 386 g/mol. The number of nitrogens with zero attached hydrogens (tertiary/aromatic N) is 1. The molecule has 0 saturated heterocycles. The van der Waals surface area contributed by atoms with E-state index in [4.69, 9.17) is 4.74 Å². The second-order valence-electron chi connectivity index (χ2n) is 8.33. The Bertz CT molecular complexity index is 920. The van der Waals surface area contributed by atoms with Crippen LogP contribution in [0.1, 0.15) is 30.0 Å². The maximum absolute atomic E-state index is 5.96. The summed E-state index contributed by atoms with van der Waals surface area (Å²) in [6.45, 7) is 3.92. The second kappa shape index (κ2) is 9.58. The first-order chi connectivity index (χ1) is 14.0. The smallest absolute Gasteiger partial charge is 0.137 e. The van der Waals surface area contributed by atoms with E-state index in [1.807, 2.05) is 0 Å². The summed E-state index contributed by atoms with van der Waals surface area (Å²) in [5.41, 5.74) is 6.38. The van der Waals surface area contributed by atoms with Crippen molar-refractivity contribution in [3.8, 4) is 5.75 Å². The molecule has 3 aromatic rings. The molecule has 0 N–H and O–H groups in total. The van der Waals surface area contributed by atoms with E-state index in [0.717, 1.165) is 23.2 Å². The van der Waals surface area contributed by atoms with E-state index >= 15 is 0 Å². The molecule has 0 heterocycles. The van der Waals surface area contributed by atoms with Crippen LogP contribution in [-0.4, -0.2) is 38.8 Å². The maximum atomic E-state index is 5.96. The molecule has 0 aromatic heterocycles. The van der Waals surface area contributed by atoms with Gasteiger partial charge >= 0.3 is 0 Å². The van der Waals surface area contributed by atoms with E-state index in [2.05, 4.69) is 113 Å². The summed E-state index contributed by atoms with van der Waals surface area (Å²) in [6, 6.07) is 29.9. The van der Waals surface area contributed by atoms with E-state index in [1.165, 1.54) is 27.8 Å². The van der Waals surface area contributed by atoms with Crippen LogP contribution in [0, 0.1) is 0 Å². The fourth-order valence-electron chi connectivity index (χ4n) is 3.44. The molecular formula is C27H32NO+. The molecule has 0 amide bonds. The summed E-state index contributed by atoms with van der Waals surface area (Å²) in [4.78, 5) is 0. The molecule has 0 aliphatic rings. The average molecular weight is 387 g/mol. The lowest BCUT2D eigenvalue weighted by Crippen LogP contribution is -2.38. The summed E-state index contributed by atoms with van der Waals surface area (Å²) in [5.74, 6) is 0.923. The molecular weight excluding hydrogens is 354 g/mol. The number of ether oxygens (including phenoxy) is 1. The van der Waals surface area contributed by atoms with Crippen LogP contribution in [0.4, 0.5) is 0 Å². The third-order valence-electron chi connectivity index (χ3n) is 5.01. The molecule has 0 atom stereocenters. The molecule has 0 aliphatic heterocycles. The maximum Gasteiger partial charge on any atom is 0.137 e. The zero-order valence-electron chi connectivity index (χ0n) is 18.1. The standard InChI is InChI=1S/C27H32NO/c1-5-26(22-12-8-6-9-13-22)27(23-14-10-7-11-15-23)24-16-18-25(19-17-24)29-21-20-28(2,3)4/h6-19H,5,20-21H2,1-4H3/q+1/b27-26+. The molecule has 0 spiro atoms. The predicted molar refractivity (Wildman–Crippen MR) is 124 cm³/mol. The van der Waals surface area contributed by atoms with Crippen molar-refractivity contribution in [2.24, 2.45) is 0 Å². The van der Waals surface area contributed by atoms with Gasteiger partial charge in [0.05, 0.1) is 21.1 Å². The van der Waals surface area contributed by atoms with Crippen LogP contribution in [-0.2, 0) is 0 Å². The summed E-state index contributed by atoms with van der Waals surface area (Å²) >= 11 is 0. The molecule has 2 heteroatoms. The molecule has 3 aromatic carbocycles. The Hall–Kier alpha value is -2.84. The SMILES string of the molecule is CC/C(=C(/c1ccccc1)c1ccc(OCC[N+](C)(C)C)cc1)c1ccccc1. The number of likely N-dealkylation sites (N-methyl/N-ethyl adjacent to an activating group) is 1. The van der Waals surface area contributed by atoms with E-state index in [9.17, 15) is 0 Å². The Labute approximate surface area is 175 Å². The lowest BCUT2D eigenvalue weighted by Gasteiger charge is -2.23. The third-order valence-corrected chi connectivity index (χ3v) is 5.01. The van der Waals surface area contributed by atoms with Crippen molar-refractivity contribution in [3.63, 3.8) is 0 Å². The average Bonchev–Trinajstić information content (AvgIpc) is 2.73. The minimum Gasteiger partial charge on any atom is -0.488 e. The number of benzene rings is 3. The van der Waals surface area contributed by atoms with E-state index in [-0.39, 0.29) is 0 Å². The van der Waals surface area contributed by atoms with Gasteiger partial charge in [-0.3, -0.25) is 0 Å². The molecule has 150 valence electrons. The lowest BCUT2D eigenvalue weighted by atomic mass is 9.88. The van der Waals surface area contributed by atoms with Crippen molar-refractivity contribution in [1.29, 1.82) is 0 Å². The molecule has 0 fully saturated rings. The van der Waals surface area contributed by atoms with Crippen molar-refractivity contribution < 1.29 is 9.22 Å². The van der Waals surface area contributed by atoms with Crippen LogP contribution in [0.15, 0.2) is 84.9 Å². The normalized spacial score (nSPS) is 12.4. The first kappa shape index (κ1) is 20.9. The quantitative estimate of drug-likeness (QED) is 0.334. The number of rotatable bonds is 8. The molecule has 2 nitrogen and oxygen atoms in total. The van der Waals surface area contributed by atoms with E-state index in [1.54, 1.807) is 0 Å². The first-order valence-electron chi connectivity index (χ1n) is 10.4. The predicted octanol–water partition coefficient (Wildman–Crippen LogP) is 6.14. The Morgan fingerprint density at radius 3 is 1.72 bits per heavy atom. The molecule has 0 radical (unpaired) electrons. The number of hydrogen-bond donors (Lipinski definition) is 0. The third kappa shape index (κ3) is 5.82. The van der Waals surface area contributed by atoms with E-state index in [0.29, 0.717) is 6.61 Å². The van der Waals surface area contributed by atoms with Gasteiger partial charge in [0.25, 0.3) is 0 Å². The van der Waals surface area contributed by atoms with Crippen molar-refractivity contribution in [3.05, 3.63) is 102 Å². The van der Waals surface area contributed by atoms with Crippen LogP contribution in [0.2, 0.25) is 0 Å². The van der Waals surface area contributed by atoms with E-state index < -0.39 is 0 Å². The Morgan fingerprint density at radius 1 is 0.690 bits per heavy atom. The van der Waals surface area contributed by atoms with Gasteiger partial charge in [0, 0.05) is 0 Å². The highest BCUT2D eigenvalue weighted by Crippen LogP contribution is 2.34. The highest BCUT2D eigenvalue weighted by atomic mass is 16.5. The Morgan fingerprint density at radius 2 is 1.21 bits per heavy atom. The molecule has 3 rings (SSSR count). The number of hydrogen-bond acceptors (Lipinski definition) is 1. The molecule has 0 unspecified atom stereocenters. The van der Waals surface area contributed by atoms with Gasteiger partial charge < -0.3 is 9.22 Å². The second-order valence-corrected chi connectivity index (χ2v) is 8.33. The van der Waals surface area contributed by atoms with Gasteiger partial charge in [0.15, 0.2) is 0 Å². The topological polar surface area (TPSA) is 9.23 Å². The zero-order chi connectivity index (χ0) is 20.7. The van der Waals surface area contributed by atoms with Gasteiger partial charge in [-0.2, -0.15) is 0 Å². The number of allylic oxidation sites excluding steroid dienone is 1. The summed E-state index contributed by atoms with van der Waals surface area (Å²) in [6.07, 6.45) is 0.968. The van der Waals surface area contributed by atoms with Crippen molar-refractivity contribution in [1.82, 2.24) is 0 Å². The van der Waals surface area contributed by atoms with Crippen molar-refractivity contribution >= 4 is 11.1 Å². The molecule has 0 saturated carbocycles. The van der Waals surface area contributed by atoms with Crippen LogP contribution >= 0.6 is 0 Å². The first-order valence-corrected chi connectivity index (χ1v) is 10.4. The van der Waals surface area contributed by atoms with Gasteiger partial charge in [0.2, 0.25) is 0 Å². The van der Waals surface area contributed by atoms with Gasteiger partial charge in [-0.05, 0) is 46.4 Å². The highest BCUT2D eigenvalue weighted by Gasteiger charge is 2.13. The minimum atomic E-state index is 0.717. The van der Waals surface area contributed by atoms with Gasteiger partial charge in [-0.15, -0.1) is 0 Å². The van der Waals surface area contributed by atoms with Crippen LogP contribution in [0.25, 0.3) is 11.1 Å². The van der Waals surface area contributed by atoms with Crippen LogP contribution in [0.3, 0.4) is 0 Å². The highest BCUT2D eigenvalue weighted by molar-refractivity contribution is 5.98. The molecule has 29 heavy (non-hydrogen) atoms. The summed E-state index contributed by atoms with van der Waals surface area (Å²) in [7, 11) is 6.54. The van der Waals surface area contributed by atoms with Crippen LogP contribution in [0.5, 0.6) is 5.75 Å². The minimum absolute atomic E-state index is 0.717. The van der Waals surface area contributed by atoms with Crippen molar-refractivity contribution in [2.45, 2.75) is 13.3 Å². The number of quaternary nitrogens is 1. The molecule has 0 bridgehead atoms. The van der Waals surface area contributed by atoms with Gasteiger partial charge in [-0.25, -0.2) is 0 Å². The largest absolute Gasteiger partial charge is 0.488 e. The Balaban J connectivity index is 1.96. The fourth-order valence-corrected chi connectivity index (χ4v) is 3.44. The van der Waals surface area contributed by atoms with Crippen LogP contribution < -0.4 is 4.74 Å². The zero-order valence-corrected chi connectivity index (χ0v) is 18.1. The van der Waals surface area contributed by atoms with Gasteiger partial charge in [0.1, 0.15) is 18.9 Å². The van der Waals surface area contributed by atoms with Gasteiger partial charge in [-0.1, -0.05) is 79.7 Å². The Kier molecular flexibility index (Phi) is 6.90. The van der Waals surface area contributed by atoms with Crippen molar-refractivity contribution in [2.75, 3.05) is 34.3 Å². The fraction of sp³-hybridized carbons (Fsp3) is 0.259. The lowest BCUT2D eigenvalue weighted by molar-refractivity contribution is -0.870. The summed E-state index contributed by atoms with van der Waals surface area (Å²) < 4.78 is 6.86. The molecule has 0 aliphatic carbocycles. The summed E-state index contributed by atoms with van der Waals surface area (Å²) in [5, 5.41) is 0.